The molecule has 1 saturated heterocycles. The molecule has 1 amide bonds. The van der Waals surface area contributed by atoms with E-state index in [1.54, 1.807) is 42.1 Å². The Kier molecular flexibility index (Phi) is 10.1. The molecule has 1 N–H and O–H groups in total. The van der Waals surface area contributed by atoms with Gasteiger partial charge in [-0.25, -0.2) is 12.7 Å². The average molecular weight is 570 g/mol. The fourth-order valence-electron chi connectivity index (χ4n) is 3.57. The lowest BCUT2D eigenvalue weighted by Gasteiger charge is -2.31. The van der Waals surface area contributed by atoms with Crippen LogP contribution in [0.25, 0.3) is 0 Å². The fraction of sp³-hybridized carbons (Fsp3) is 0.409. The minimum Gasteiger partial charge on any atom is -0.355 e. The summed E-state index contributed by atoms with van der Waals surface area (Å²) in [7, 11) is -3.61. The zero-order valence-electron chi connectivity index (χ0n) is 17.7. The van der Waals surface area contributed by atoms with E-state index < -0.39 is 10.0 Å². The molecule has 0 aliphatic carbocycles. The predicted octanol–water partition coefficient (Wildman–Crippen LogP) is 5.89. The summed E-state index contributed by atoms with van der Waals surface area (Å²) >= 11 is 26.0. The average Bonchev–Trinajstić information content (AvgIpc) is 2.77. The SMILES string of the molecule is O=C(NCCSCc1c(Cl)cccc1Cl)[C@@H]1CCCN(S(=O)(=O)Cc2ccc(Cl)cc2Cl)C1. The van der Waals surface area contributed by atoms with Crippen molar-refractivity contribution < 1.29 is 13.2 Å². The second kappa shape index (κ2) is 12.3. The van der Waals surface area contributed by atoms with E-state index in [1.807, 2.05) is 0 Å². The first-order valence-electron chi connectivity index (χ1n) is 10.4. The van der Waals surface area contributed by atoms with Gasteiger partial charge in [0.2, 0.25) is 15.9 Å². The maximum atomic E-state index is 12.9. The minimum absolute atomic E-state index is 0.129. The van der Waals surface area contributed by atoms with Crippen molar-refractivity contribution >= 4 is 74.1 Å². The third kappa shape index (κ3) is 7.66. The van der Waals surface area contributed by atoms with E-state index in [-0.39, 0.29) is 24.1 Å². The number of rotatable bonds is 9. The second-order valence-electron chi connectivity index (χ2n) is 7.73. The molecule has 1 atom stereocenters. The molecule has 1 heterocycles. The number of nitrogens with zero attached hydrogens (tertiary/aromatic N) is 1. The van der Waals surface area contributed by atoms with Gasteiger partial charge >= 0.3 is 0 Å². The van der Waals surface area contributed by atoms with Crippen LogP contribution in [0.5, 0.6) is 0 Å². The summed E-state index contributed by atoms with van der Waals surface area (Å²) in [6.07, 6.45) is 1.29. The number of hydrogen-bond donors (Lipinski definition) is 1. The molecule has 33 heavy (non-hydrogen) atoms. The molecule has 3 rings (SSSR count). The lowest BCUT2D eigenvalue weighted by Crippen LogP contribution is -2.46. The van der Waals surface area contributed by atoms with Gasteiger partial charge in [0.25, 0.3) is 0 Å². The van der Waals surface area contributed by atoms with Crippen LogP contribution in [0.3, 0.4) is 0 Å². The van der Waals surface area contributed by atoms with Gasteiger partial charge in [0, 0.05) is 51.2 Å². The van der Waals surface area contributed by atoms with Crippen LogP contribution in [-0.2, 0) is 26.3 Å². The van der Waals surface area contributed by atoms with Crippen LogP contribution in [0.4, 0.5) is 0 Å². The van der Waals surface area contributed by atoms with Gasteiger partial charge in [-0.05, 0) is 48.2 Å². The Balaban J connectivity index is 1.47. The van der Waals surface area contributed by atoms with Gasteiger partial charge in [0.15, 0.2) is 0 Å². The normalized spacial score (nSPS) is 17.2. The molecule has 11 heteroatoms. The lowest BCUT2D eigenvalue weighted by atomic mass is 9.99. The number of piperidine rings is 1. The van der Waals surface area contributed by atoms with Crippen LogP contribution < -0.4 is 5.32 Å². The molecule has 0 spiro atoms. The number of carbonyl (C=O) groups excluding carboxylic acids is 1. The Labute approximate surface area is 219 Å². The molecular formula is C22H24Cl4N2O3S2. The van der Waals surface area contributed by atoms with Crippen LogP contribution in [0.1, 0.15) is 24.0 Å². The smallest absolute Gasteiger partial charge is 0.224 e. The summed E-state index contributed by atoms with van der Waals surface area (Å²) in [5, 5.41) is 4.94. The highest BCUT2D eigenvalue weighted by molar-refractivity contribution is 7.98. The molecule has 2 aromatic carbocycles. The summed E-state index contributed by atoms with van der Waals surface area (Å²) in [5.74, 6) is 0.611. The molecule has 0 radical (unpaired) electrons. The van der Waals surface area contributed by atoms with Crippen molar-refractivity contribution in [2.45, 2.75) is 24.3 Å². The number of amides is 1. The zero-order valence-corrected chi connectivity index (χ0v) is 22.4. The van der Waals surface area contributed by atoms with E-state index in [4.69, 9.17) is 46.4 Å². The number of carbonyl (C=O) groups is 1. The molecule has 0 unspecified atom stereocenters. The van der Waals surface area contributed by atoms with Crippen LogP contribution in [0, 0.1) is 5.92 Å². The van der Waals surface area contributed by atoms with Gasteiger partial charge in [0.05, 0.1) is 11.7 Å². The minimum atomic E-state index is -3.61. The van der Waals surface area contributed by atoms with Crippen LogP contribution in [0.15, 0.2) is 36.4 Å². The van der Waals surface area contributed by atoms with Crippen molar-refractivity contribution in [1.82, 2.24) is 9.62 Å². The van der Waals surface area contributed by atoms with Gasteiger partial charge in [-0.1, -0.05) is 58.5 Å². The third-order valence-corrected chi connectivity index (χ3v) is 9.43. The highest BCUT2D eigenvalue weighted by Crippen LogP contribution is 2.28. The van der Waals surface area contributed by atoms with Crippen molar-refractivity contribution in [2.75, 3.05) is 25.4 Å². The number of hydrogen-bond acceptors (Lipinski definition) is 4. The Bertz CT molecular complexity index is 1080. The van der Waals surface area contributed by atoms with Gasteiger partial charge in [-0.2, -0.15) is 11.8 Å². The Morgan fingerprint density at radius 2 is 1.82 bits per heavy atom. The topological polar surface area (TPSA) is 66.5 Å². The summed E-state index contributed by atoms with van der Waals surface area (Å²) in [4.78, 5) is 12.6. The first-order chi connectivity index (χ1) is 15.7. The van der Waals surface area contributed by atoms with E-state index in [0.29, 0.717) is 63.1 Å². The molecule has 5 nitrogen and oxygen atoms in total. The van der Waals surface area contributed by atoms with Crippen molar-refractivity contribution in [3.8, 4) is 0 Å². The fourth-order valence-corrected chi connectivity index (χ4v) is 7.36. The Hall–Kier alpha value is -0.670. The summed E-state index contributed by atoms with van der Waals surface area (Å²) in [5.41, 5.74) is 1.37. The third-order valence-electron chi connectivity index (χ3n) is 5.36. The first-order valence-corrected chi connectivity index (χ1v) is 14.6. The van der Waals surface area contributed by atoms with Crippen molar-refractivity contribution in [2.24, 2.45) is 5.92 Å². The molecule has 0 saturated carbocycles. The molecule has 1 aliphatic rings. The molecule has 2 aromatic rings. The standard InChI is InChI=1S/C22H24Cl4N2O3S2/c23-17-7-6-16(21(26)11-17)14-33(30,31)28-9-2-3-15(12-28)22(29)27-8-10-32-13-18-19(24)4-1-5-20(18)25/h1,4-7,11,15H,2-3,8-10,12-14H2,(H,27,29)/t15-/m1/s1. The van der Waals surface area contributed by atoms with Gasteiger partial charge in [0.1, 0.15) is 0 Å². The van der Waals surface area contributed by atoms with Crippen molar-refractivity contribution in [3.63, 3.8) is 0 Å². The van der Waals surface area contributed by atoms with E-state index in [1.165, 1.54) is 10.4 Å². The number of sulfonamides is 1. The highest BCUT2D eigenvalue weighted by atomic mass is 35.5. The molecule has 0 aromatic heterocycles. The zero-order chi connectivity index (χ0) is 24.0. The molecular weight excluding hydrogens is 546 g/mol. The largest absolute Gasteiger partial charge is 0.355 e. The Morgan fingerprint density at radius 1 is 1.09 bits per heavy atom. The second-order valence-corrected chi connectivity index (χ2v) is 12.5. The number of nitrogens with one attached hydrogen (secondary N) is 1. The van der Waals surface area contributed by atoms with E-state index in [2.05, 4.69) is 5.32 Å². The molecule has 1 fully saturated rings. The van der Waals surface area contributed by atoms with E-state index in [9.17, 15) is 13.2 Å². The van der Waals surface area contributed by atoms with Gasteiger partial charge in [-0.3, -0.25) is 4.79 Å². The molecule has 0 bridgehead atoms. The van der Waals surface area contributed by atoms with Crippen molar-refractivity contribution in [3.05, 3.63) is 67.6 Å². The van der Waals surface area contributed by atoms with E-state index in [0.717, 1.165) is 5.56 Å². The Morgan fingerprint density at radius 3 is 2.52 bits per heavy atom. The van der Waals surface area contributed by atoms with Crippen LogP contribution in [0.2, 0.25) is 20.1 Å². The number of halogens is 4. The maximum Gasteiger partial charge on any atom is 0.224 e. The highest BCUT2D eigenvalue weighted by Gasteiger charge is 2.32. The molecule has 1 aliphatic heterocycles. The lowest BCUT2D eigenvalue weighted by molar-refractivity contribution is -0.125. The van der Waals surface area contributed by atoms with Crippen LogP contribution >= 0.6 is 58.2 Å². The van der Waals surface area contributed by atoms with Gasteiger partial charge < -0.3 is 5.32 Å². The van der Waals surface area contributed by atoms with Crippen LogP contribution in [-0.4, -0.2) is 44.0 Å². The monoisotopic (exact) mass is 568 g/mol. The summed E-state index contributed by atoms with van der Waals surface area (Å²) in [6, 6.07) is 10.2. The molecule has 180 valence electrons. The van der Waals surface area contributed by atoms with Crippen molar-refractivity contribution in [1.29, 1.82) is 0 Å². The maximum absolute atomic E-state index is 12.9. The quantitative estimate of drug-likeness (QED) is 0.382. The summed E-state index contributed by atoms with van der Waals surface area (Å²) < 4.78 is 27.2. The predicted molar refractivity (Wildman–Crippen MR) is 139 cm³/mol. The number of thioether (sulfide) groups is 1. The van der Waals surface area contributed by atoms with E-state index >= 15 is 0 Å². The summed E-state index contributed by atoms with van der Waals surface area (Å²) in [6.45, 7) is 1.04. The number of benzene rings is 2. The van der Waals surface area contributed by atoms with Gasteiger partial charge in [-0.15, -0.1) is 0 Å². The first kappa shape index (κ1) is 26.9.